The number of carbonyl (C=O) groups is 2. The Balaban J connectivity index is 0.000000733. The second-order valence-corrected chi connectivity index (χ2v) is 7.98. The van der Waals surface area contributed by atoms with Crippen molar-refractivity contribution in [1.29, 1.82) is 0 Å². The van der Waals surface area contributed by atoms with Crippen molar-refractivity contribution in [3.8, 4) is 0 Å². The summed E-state index contributed by atoms with van der Waals surface area (Å²) >= 11 is 6.16. The first-order valence-electron chi connectivity index (χ1n) is 11.3. The van der Waals surface area contributed by atoms with Crippen LogP contribution in [0.5, 0.6) is 0 Å². The third kappa shape index (κ3) is 7.92. The van der Waals surface area contributed by atoms with Crippen LogP contribution in [0.15, 0.2) is 49.1 Å². The molecule has 186 valence electrons. The first-order chi connectivity index (χ1) is 16.2. The van der Waals surface area contributed by atoms with E-state index in [0.717, 1.165) is 49.7 Å². The summed E-state index contributed by atoms with van der Waals surface area (Å²) in [6.45, 7) is 11.4. The molecule has 0 radical (unpaired) electrons. The molecule has 0 saturated heterocycles. The highest BCUT2D eigenvalue weighted by atomic mass is 35.5. The summed E-state index contributed by atoms with van der Waals surface area (Å²) in [7, 11) is 2.06. The van der Waals surface area contributed by atoms with Gasteiger partial charge in [-0.15, -0.1) is 0 Å². The van der Waals surface area contributed by atoms with Crippen LogP contribution >= 0.6 is 11.6 Å². The summed E-state index contributed by atoms with van der Waals surface area (Å²) in [5.74, 6) is -3.25. The summed E-state index contributed by atoms with van der Waals surface area (Å²) in [6.07, 6.45) is 2.74. The van der Waals surface area contributed by atoms with Gasteiger partial charge in [0, 0.05) is 29.2 Å². The van der Waals surface area contributed by atoms with E-state index in [4.69, 9.17) is 16.7 Å². The molecule has 1 amide bonds. The molecular weight excluding hydrogens is 462 g/mol. The van der Waals surface area contributed by atoms with E-state index in [0.29, 0.717) is 17.3 Å². The molecule has 1 heterocycles. The number of rotatable bonds is 7. The Morgan fingerprint density at radius 3 is 2.32 bits per heavy atom. The van der Waals surface area contributed by atoms with Crippen LogP contribution in [-0.2, 0) is 4.79 Å². The quantitative estimate of drug-likeness (QED) is 0.454. The molecule has 5 nitrogen and oxygen atoms in total. The lowest BCUT2D eigenvalue weighted by atomic mass is 9.98. The van der Waals surface area contributed by atoms with Gasteiger partial charge in [-0.05, 0) is 68.9 Å². The molecule has 0 saturated carbocycles. The number of fused-ring (bicyclic) bond motifs is 1. The van der Waals surface area contributed by atoms with Crippen LogP contribution in [-0.4, -0.2) is 48.6 Å². The highest BCUT2D eigenvalue weighted by Gasteiger charge is 2.35. The topological polar surface area (TPSA) is 60.9 Å². The third-order valence-electron chi connectivity index (χ3n) is 5.18. The fraction of sp³-hybridized carbons (Fsp3) is 0.385. The molecule has 1 unspecified atom stereocenters. The smallest absolute Gasteiger partial charge is 0.327 e. The number of amides is 1. The summed E-state index contributed by atoms with van der Waals surface area (Å²) in [4.78, 5) is 25.9. The first-order valence-corrected chi connectivity index (χ1v) is 11.7. The molecule has 1 atom stereocenters. The van der Waals surface area contributed by atoms with E-state index in [9.17, 15) is 18.4 Å². The van der Waals surface area contributed by atoms with Gasteiger partial charge < -0.3 is 14.9 Å². The van der Waals surface area contributed by atoms with Crippen molar-refractivity contribution in [2.24, 2.45) is 0 Å². The Hall–Kier alpha value is -2.77. The minimum absolute atomic E-state index is 0.0804. The fourth-order valence-corrected chi connectivity index (χ4v) is 3.84. The number of carboxylic acid groups (broad SMARTS) is 1. The Labute approximate surface area is 205 Å². The molecule has 2 aromatic rings. The number of benzene rings is 2. The van der Waals surface area contributed by atoms with Gasteiger partial charge in [0.05, 0.1) is 0 Å². The molecule has 0 bridgehead atoms. The van der Waals surface area contributed by atoms with Gasteiger partial charge in [-0.2, -0.15) is 0 Å². The molecule has 34 heavy (non-hydrogen) atoms. The highest BCUT2D eigenvalue weighted by Crippen LogP contribution is 2.40. The molecule has 1 aliphatic rings. The standard InChI is InChI=1S/C21H23ClF2N2O.C3H4O2.C2H6/c1-3-10-25(2)11-9-14-13-26(19-8-7-15(22)12-16(14)19)21(27)20-17(23)5-4-6-18(20)24;1-2-3(4)5;1-2/h4-8,12,14H,3,9-11,13H2,1-2H3;2H,1H2,(H,4,5);1-2H3. The molecule has 0 spiro atoms. The summed E-state index contributed by atoms with van der Waals surface area (Å²) < 4.78 is 28.2. The SMILES string of the molecule is C=CC(=O)O.CC.CCCN(C)CCC1CN(C(=O)c2c(F)cccc2F)c2ccc(Cl)cc21. The zero-order valence-corrected chi connectivity index (χ0v) is 20.9. The number of nitrogens with zero attached hydrogens (tertiary/aromatic N) is 2. The Morgan fingerprint density at radius 1 is 1.21 bits per heavy atom. The van der Waals surface area contributed by atoms with E-state index < -0.39 is 29.1 Å². The van der Waals surface area contributed by atoms with Crippen LogP contribution in [0, 0.1) is 11.6 Å². The highest BCUT2D eigenvalue weighted by molar-refractivity contribution is 6.30. The molecular formula is C26H33ClF2N2O3. The number of aliphatic carboxylic acids is 1. The molecule has 0 aromatic heterocycles. The lowest BCUT2D eigenvalue weighted by Crippen LogP contribution is -2.32. The lowest BCUT2D eigenvalue weighted by molar-refractivity contribution is -0.131. The van der Waals surface area contributed by atoms with Gasteiger partial charge in [-0.1, -0.05) is 45.0 Å². The monoisotopic (exact) mass is 494 g/mol. The van der Waals surface area contributed by atoms with Gasteiger partial charge in [0.1, 0.15) is 17.2 Å². The van der Waals surface area contributed by atoms with Crippen LogP contribution in [0.3, 0.4) is 0 Å². The van der Waals surface area contributed by atoms with E-state index in [-0.39, 0.29) is 5.92 Å². The number of carboxylic acids is 1. The van der Waals surface area contributed by atoms with Crippen LogP contribution < -0.4 is 4.90 Å². The van der Waals surface area contributed by atoms with Gasteiger partial charge >= 0.3 is 5.97 Å². The van der Waals surface area contributed by atoms with Crippen LogP contribution in [0.25, 0.3) is 0 Å². The zero-order chi connectivity index (χ0) is 25.8. The van der Waals surface area contributed by atoms with E-state index in [1.807, 2.05) is 19.9 Å². The maximum atomic E-state index is 14.1. The Kier molecular flexibility index (Phi) is 12.5. The van der Waals surface area contributed by atoms with E-state index >= 15 is 0 Å². The van der Waals surface area contributed by atoms with Crippen molar-refractivity contribution in [3.63, 3.8) is 0 Å². The number of hydrogen-bond acceptors (Lipinski definition) is 3. The van der Waals surface area contributed by atoms with Crippen molar-refractivity contribution in [1.82, 2.24) is 4.90 Å². The van der Waals surface area contributed by atoms with Crippen LogP contribution in [0.2, 0.25) is 5.02 Å². The van der Waals surface area contributed by atoms with Gasteiger partial charge in [0.2, 0.25) is 0 Å². The van der Waals surface area contributed by atoms with Crippen molar-refractivity contribution in [2.75, 3.05) is 31.6 Å². The van der Waals surface area contributed by atoms with Gasteiger partial charge in [0.25, 0.3) is 5.91 Å². The van der Waals surface area contributed by atoms with Gasteiger partial charge in [-0.25, -0.2) is 13.6 Å². The van der Waals surface area contributed by atoms with Crippen LogP contribution in [0.4, 0.5) is 14.5 Å². The number of halogens is 3. The van der Waals surface area contributed by atoms with E-state index in [2.05, 4.69) is 25.5 Å². The molecule has 8 heteroatoms. The second kappa shape index (κ2) is 14.5. The molecule has 1 N–H and O–H groups in total. The summed E-state index contributed by atoms with van der Waals surface area (Å²) in [6, 6.07) is 8.77. The fourth-order valence-electron chi connectivity index (χ4n) is 3.66. The van der Waals surface area contributed by atoms with E-state index in [1.54, 1.807) is 12.1 Å². The zero-order valence-electron chi connectivity index (χ0n) is 20.2. The van der Waals surface area contributed by atoms with Gasteiger partial charge in [0.15, 0.2) is 0 Å². The van der Waals surface area contributed by atoms with E-state index in [1.165, 1.54) is 11.0 Å². The number of hydrogen-bond donors (Lipinski definition) is 1. The summed E-state index contributed by atoms with van der Waals surface area (Å²) in [5.41, 5.74) is 1.12. The molecule has 1 aliphatic heterocycles. The average Bonchev–Trinajstić information content (AvgIpc) is 3.17. The molecule has 0 aliphatic carbocycles. The minimum Gasteiger partial charge on any atom is -0.478 e. The predicted octanol–water partition coefficient (Wildman–Crippen LogP) is 6.38. The lowest BCUT2D eigenvalue weighted by Gasteiger charge is -2.20. The summed E-state index contributed by atoms with van der Waals surface area (Å²) in [5, 5.41) is 8.19. The van der Waals surface area contributed by atoms with Crippen LogP contribution in [0.1, 0.15) is 55.5 Å². The molecule has 2 aromatic carbocycles. The normalized spacial score (nSPS) is 13.9. The average molecular weight is 495 g/mol. The largest absolute Gasteiger partial charge is 0.478 e. The van der Waals surface area contributed by atoms with Crippen molar-refractivity contribution >= 4 is 29.2 Å². The number of anilines is 1. The minimum atomic E-state index is -0.981. The first kappa shape index (κ1) is 29.3. The molecule has 0 fully saturated rings. The maximum absolute atomic E-state index is 14.1. The maximum Gasteiger partial charge on any atom is 0.327 e. The Bertz CT molecular complexity index is 964. The predicted molar refractivity (Wildman–Crippen MR) is 134 cm³/mol. The molecule has 3 rings (SSSR count). The van der Waals surface area contributed by atoms with Crippen molar-refractivity contribution in [2.45, 2.75) is 39.5 Å². The van der Waals surface area contributed by atoms with Gasteiger partial charge in [-0.3, -0.25) is 4.79 Å². The second-order valence-electron chi connectivity index (χ2n) is 7.55. The van der Waals surface area contributed by atoms with Crippen molar-refractivity contribution < 1.29 is 23.5 Å². The number of carbonyl (C=O) groups excluding carboxylic acids is 1. The van der Waals surface area contributed by atoms with Crippen molar-refractivity contribution in [3.05, 3.63) is 76.8 Å². The third-order valence-corrected chi connectivity index (χ3v) is 5.42. The Morgan fingerprint density at radius 2 is 1.79 bits per heavy atom.